The van der Waals surface area contributed by atoms with Crippen LogP contribution in [0.5, 0.6) is 0 Å². The molecule has 17 heavy (non-hydrogen) atoms. The molecule has 0 fully saturated rings. The maximum atomic E-state index is 13.5. The highest BCUT2D eigenvalue weighted by Gasteiger charge is 2.19. The fraction of sp³-hybridized carbons (Fsp3) is 0.385. The number of halogens is 3. The predicted molar refractivity (Wildman–Crippen MR) is 60.8 cm³/mol. The second-order valence-electron chi connectivity index (χ2n) is 3.52. The number of rotatable bonds is 4. The molecular weight excluding hydrogens is 227 g/mol. The number of hydrogen-bond donors (Lipinski definition) is 1. The Kier molecular flexibility index (Phi) is 5.05. The van der Waals surface area contributed by atoms with Gasteiger partial charge in [-0.05, 0) is 13.5 Å². The van der Waals surface area contributed by atoms with Crippen molar-refractivity contribution in [3.63, 3.8) is 0 Å². The topological polar surface area (TPSA) is 12.0 Å². The summed E-state index contributed by atoms with van der Waals surface area (Å²) < 4.78 is 39.9. The van der Waals surface area contributed by atoms with Gasteiger partial charge in [-0.2, -0.15) is 0 Å². The third-order valence-corrected chi connectivity index (χ3v) is 2.33. The Labute approximate surface area is 99.0 Å². The van der Waals surface area contributed by atoms with E-state index in [1.54, 1.807) is 6.92 Å². The first-order chi connectivity index (χ1) is 8.10. The van der Waals surface area contributed by atoms with Crippen LogP contribution in [0, 0.1) is 29.3 Å². The highest BCUT2D eigenvalue weighted by Crippen LogP contribution is 2.24. The van der Waals surface area contributed by atoms with E-state index in [1.165, 1.54) is 0 Å². The van der Waals surface area contributed by atoms with E-state index in [4.69, 9.17) is 0 Å². The molecule has 1 atom stereocenters. The van der Waals surface area contributed by atoms with Crippen LogP contribution in [0.1, 0.15) is 31.9 Å². The van der Waals surface area contributed by atoms with Crippen molar-refractivity contribution < 1.29 is 13.2 Å². The monoisotopic (exact) mass is 241 g/mol. The Balaban J connectivity index is 3.11. The molecule has 1 unspecified atom stereocenters. The fourth-order valence-corrected chi connectivity index (χ4v) is 1.61. The first-order valence-electron chi connectivity index (χ1n) is 5.37. The van der Waals surface area contributed by atoms with Gasteiger partial charge in [0.2, 0.25) is 0 Å². The van der Waals surface area contributed by atoms with Gasteiger partial charge in [0.15, 0.2) is 0 Å². The summed E-state index contributed by atoms with van der Waals surface area (Å²) in [4.78, 5) is 0. The SMILES string of the molecule is CC#CCC(NCC)c1c(F)cc(F)cc1F. The summed E-state index contributed by atoms with van der Waals surface area (Å²) in [6.45, 7) is 4.03. The molecule has 1 aromatic rings. The molecule has 92 valence electrons. The van der Waals surface area contributed by atoms with Gasteiger partial charge in [0.25, 0.3) is 0 Å². The summed E-state index contributed by atoms with van der Waals surface area (Å²) >= 11 is 0. The van der Waals surface area contributed by atoms with Crippen LogP contribution in [0.25, 0.3) is 0 Å². The highest BCUT2D eigenvalue weighted by atomic mass is 19.1. The molecule has 1 N–H and O–H groups in total. The average Bonchev–Trinajstić information content (AvgIpc) is 2.24. The van der Waals surface area contributed by atoms with Gasteiger partial charge in [-0.15, -0.1) is 11.8 Å². The molecule has 0 amide bonds. The van der Waals surface area contributed by atoms with Gasteiger partial charge >= 0.3 is 0 Å². The molecule has 0 aliphatic rings. The Bertz CT molecular complexity index is 423. The quantitative estimate of drug-likeness (QED) is 0.798. The Morgan fingerprint density at radius 2 is 1.82 bits per heavy atom. The minimum Gasteiger partial charge on any atom is -0.309 e. The van der Waals surface area contributed by atoms with E-state index in [-0.39, 0.29) is 12.0 Å². The largest absolute Gasteiger partial charge is 0.309 e. The predicted octanol–water partition coefficient (Wildman–Crippen LogP) is 3.17. The van der Waals surface area contributed by atoms with Crippen LogP contribution in [0.4, 0.5) is 13.2 Å². The summed E-state index contributed by atoms with van der Waals surface area (Å²) in [5.41, 5.74) is -0.156. The average molecular weight is 241 g/mol. The van der Waals surface area contributed by atoms with Crippen LogP contribution in [-0.2, 0) is 0 Å². The normalized spacial score (nSPS) is 11.8. The van der Waals surface area contributed by atoms with E-state index in [0.717, 1.165) is 0 Å². The maximum absolute atomic E-state index is 13.5. The molecule has 0 bridgehead atoms. The molecule has 1 nitrogen and oxygen atoms in total. The molecule has 0 aromatic heterocycles. The zero-order valence-corrected chi connectivity index (χ0v) is 9.78. The van der Waals surface area contributed by atoms with Crippen molar-refractivity contribution in [1.82, 2.24) is 5.32 Å². The van der Waals surface area contributed by atoms with E-state index >= 15 is 0 Å². The number of nitrogens with one attached hydrogen (secondary N) is 1. The van der Waals surface area contributed by atoms with E-state index in [0.29, 0.717) is 18.7 Å². The molecule has 1 rings (SSSR count). The van der Waals surface area contributed by atoms with Crippen LogP contribution < -0.4 is 5.32 Å². The zero-order valence-electron chi connectivity index (χ0n) is 9.78. The smallest absolute Gasteiger partial charge is 0.133 e. The van der Waals surface area contributed by atoms with Crippen molar-refractivity contribution in [1.29, 1.82) is 0 Å². The second-order valence-corrected chi connectivity index (χ2v) is 3.52. The molecule has 0 aliphatic carbocycles. The molecule has 0 saturated carbocycles. The molecule has 0 radical (unpaired) electrons. The third-order valence-electron chi connectivity index (χ3n) is 2.33. The minimum absolute atomic E-state index is 0.156. The van der Waals surface area contributed by atoms with Crippen LogP contribution in [0.3, 0.4) is 0 Å². The molecule has 0 heterocycles. The second kappa shape index (κ2) is 6.31. The Morgan fingerprint density at radius 3 is 2.29 bits per heavy atom. The van der Waals surface area contributed by atoms with E-state index in [1.807, 2.05) is 6.92 Å². The van der Waals surface area contributed by atoms with Crippen molar-refractivity contribution in [2.24, 2.45) is 0 Å². The van der Waals surface area contributed by atoms with Crippen molar-refractivity contribution in [2.75, 3.05) is 6.54 Å². The molecule has 0 saturated heterocycles. The number of benzene rings is 1. The lowest BCUT2D eigenvalue weighted by Gasteiger charge is -2.17. The summed E-state index contributed by atoms with van der Waals surface area (Å²) in [7, 11) is 0. The summed E-state index contributed by atoms with van der Waals surface area (Å²) in [6.07, 6.45) is 0.282. The minimum atomic E-state index is -0.916. The van der Waals surface area contributed by atoms with Crippen LogP contribution in [0.15, 0.2) is 12.1 Å². The van der Waals surface area contributed by atoms with Gasteiger partial charge in [-0.1, -0.05) is 6.92 Å². The third kappa shape index (κ3) is 3.50. The van der Waals surface area contributed by atoms with E-state index in [9.17, 15) is 13.2 Å². The summed E-state index contributed by atoms with van der Waals surface area (Å²) in [6, 6.07) is 0.803. The van der Waals surface area contributed by atoms with Gasteiger partial charge in [0.05, 0.1) is 0 Å². The lowest BCUT2D eigenvalue weighted by Crippen LogP contribution is -2.23. The Morgan fingerprint density at radius 1 is 1.24 bits per heavy atom. The lowest BCUT2D eigenvalue weighted by atomic mass is 10.0. The maximum Gasteiger partial charge on any atom is 0.133 e. The molecule has 0 spiro atoms. The van der Waals surface area contributed by atoms with Crippen molar-refractivity contribution in [3.8, 4) is 11.8 Å². The number of hydrogen-bond acceptors (Lipinski definition) is 1. The molecule has 4 heteroatoms. The van der Waals surface area contributed by atoms with Gasteiger partial charge in [0, 0.05) is 30.2 Å². The van der Waals surface area contributed by atoms with Crippen molar-refractivity contribution in [3.05, 3.63) is 35.1 Å². The lowest BCUT2D eigenvalue weighted by molar-refractivity contribution is 0.468. The summed E-state index contributed by atoms with van der Waals surface area (Å²) in [5, 5.41) is 2.93. The van der Waals surface area contributed by atoms with Crippen LogP contribution in [0.2, 0.25) is 0 Å². The fourth-order valence-electron chi connectivity index (χ4n) is 1.61. The molecule has 0 aliphatic heterocycles. The van der Waals surface area contributed by atoms with Crippen LogP contribution >= 0.6 is 0 Å². The Hall–Kier alpha value is -1.47. The van der Waals surface area contributed by atoms with Gasteiger partial charge in [0.1, 0.15) is 17.5 Å². The van der Waals surface area contributed by atoms with Gasteiger partial charge in [-0.25, -0.2) is 13.2 Å². The standard InChI is InChI=1S/C13H14F3N/c1-3-5-6-12(17-4-2)13-10(15)7-9(14)8-11(13)16/h7-8,12,17H,4,6H2,1-2H3. The molecule has 1 aromatic carbocycles. The van der Waals surface area contributed by atoms with E-state index in [2.05, 4.69) is 17.2 Å². The summed E-state index contributed by atoms with van der Waals surface area (Å²) in [5.74, 6) is 2.75. The molecular formula is C13H14F3N. The highest BCUT2D eigenvalue weighted by molar-refractivity contribution is 5.25. The van der Waals surface area contributed by atoms with Crippen molar-refractivity contribution in [2.45, 2.75) is 26.3 Å². The van der Waals surface area contributed by atoms with Crippen molar-refractivity contribution >= 4 is 0 Å². The van der Waals surface area contributed by atoms with Crippen LogP contribution in [-0.4, -0.2) is 6.54 Å². The van der Waals surface area contributed by atoms with Gasteiger partial charge < -0.3 is 5.32 Å². The van der Waals surface area contributed by atoms with Gasteiger partial charge in [-0.3, -0.25) is 0 Å². The zero-order chi connectivity index (χ0) is 12.8. The first kappa shape index (κ1) is 13.6. The first-order valence-corrected chi connectivity index (χ1v) is 5.37. The van der Waals surface area contributed by atoms with E-state index < -0.39 is 23.5 Å².